The van der Waals surface area contributed by atoms with Crippen LogP contribution >= 0.6 is 11.3 Å². The van der Waals surface area contributed by atoms with Crippen molar-refractivity contribution in [3.63, 3.8) is 0 Å². The van der Waals surface area contributed by atoms with Gasteiger partial charge in [0.05, 0.1) is 18.6 Å². The van der Waals surface area contributed by atoms with Gasteiger partial charge >= 0.3 is 6.09 Å². The molecule has 1 amide bonds. The Morgan fingerprint density at radius 2 is 1.89 bits per heavy atom. The Bertz CT molecular complexity index is 1550. The lowest BCUT2D eigenvalue weighted by molar-refractivity contribution is -0.134. The molecular weight excluding hydrogens is 500 g/mol. The lowest BCUT2D eigenvalue weighted by Crippen LogP contribution is -2.51. The topological polar surface area (TPSA) is 102 Å². The molecule has 5 rings (SSSR count). The summed E-state index contributed by atoms with van der Waals surface area (Å²) in [6, 6.07) is 12.7. The highest BCUT2D eigenvalue weighted by Gasteiger charge is 2.34. The average molecular weight is 527 g/mol. The lowest BCUT2D eigenvalue weighted by atomic mass is 10.2. The first-order valence-electron chi connectivity index (χ1n) is 11.5. The van der Waals surface area contributed by atoms with Crippen molar-refractivity contribution in [3.8, 4) is 0 Å². The molecule has 0 saturated carbocycles. The zero-order valence-electron chi connectivity index (χ0n) is 20.2. The van der Waals surface area contributed by atoms with E-state index >= 15 is 0 Å². The summed E-state index contributed by atoms with van der Waals surface area (Å²) < 4.78 is 35.9. The second kappa shape index (κ2) is 8.99. The van der Waals surface area contributed by atoms with Crippen molar-refractivity contribution in [1.29, 1.82) is 0 Å². The van der Waals surface area contributed by atoms with Crippen molar-refractivity contribution in [1.82, 2.24) is 18.8 Å². The number of rotatable bonds is 4. The summed E-state index contributed by atoms with van der Waals surface area (Å²) in [6.07, 6.45) is 2.70. The van der Waals surface area contributed by atoms with Gasteiger partial charge in [-0.05, 0) is 50.4 Å². The summed E-state index contributed by atoms with van der Waals surface area (Å²) in [4.78, 5) is 31.8. The molecule has 11 heteroatoms. The van der Waals surface area contributed by atoms with Gasteiger partial charge in [-0.2, -0.15) is 4.31 Å². The van der Waals surface area contributed by atoms with E-state index in [0.29, 0.717) is 11.2 Å². The minimum Gasteiger partial charge on any atom is -0.443 e. The van der Waals surface area contributed by atoms with Gasteiger partial charge in [0.2, 0.25) is 5.91 Å². The number of aromatic nitrogens is 2. The molecule has 0 N–H and O–H groups in total. The molecule has 36 heavy (non-hydrogen) atoms. The van der Waals surface area contributed by atoms with Gasteiger partial charge in [0, 0.05) is 41.3 Å². The van der Waals surface area contributed by atoms with E-state index in [9.17, 15) is 18.0 Å². The largest absolute Gasteiger partial charge is 0.443 e. The van der Waals surface area contributed by atoms with Gasteiger partial charge in [-0.3, -0.25) is 9.78 Å². The number of hydrogen-bond acceptors (Lipinski definition) is 7. The van der Waals surface area contributed by atoms with Crippen LogP contribution in [0.1, 0.15) is 26.5 Å². The number of sulfonamides is 1. The van der Waals surface area contributed by atoms with Crippen molar-refractivity contribution in [2.24, 2.45) is 0 Å². The molecule has 1 aromatic carbocycles. The first kappa shape index (κ1) is 24.4. The zero-order chi connectivity index (χ0) is 25.7. The molecule has 1 aliphatic heterocycles. The Balaban J connectivity index is 1.37. The number of fused-ring (bicyclic) bond motifs is 2. The number of carbonyl (C=O) groups is 2. The molecule has 1 aliphatic rings. The Kier molecular flexibility index (Phi) is 6.09. The number of thiophene rings is 1. The molecule has 1 fully saturated rings. The van der Waals surface area contributed by atoms with Crippen LogP contribution in [0.4, 0.5) is 4.79 Å². The van der Waals surface area contributed by atoms with Crippen molar-refractivity contribution >= 4 is 54.3 Å². The zero-order valence-corrected chi connectivity index (χ0v) is 21.8. The maximum absolute atomic E-state index is 13.3. The van der Waals surface area contributed by atoms with E-state index in [2.05, 4.69) is 4.98 Å². The molecule has 4 aromatic rings. The number of piperazine rings is 1. The first-order valence-corrected chi connectivity index (χ1v) is 13.7. The highest BCUT2D eigenvalue weighted by Crippen LogP contribution is 2.31. The summed E-state index contributed by atoms with van der Waals surface area (Å²) in [5, 5.41) is 1.60. The molecule has 0 aliphatic carbocycles. The average Bonchev–Trinajstić information content (AvgIpc) is 3.41. The van der Waals surface area contributed by atoms with Crippen LogP contribution in [0.25, 0.3) is 21.0 Å². The third-order valence-electron chi connectivity index (χ3n) is 5.89. The molecule has 0 atom stereocenters. The van der Waals surface area contributed by atoms with Gasteiger partial charge in [-0.1, -0.05) is 18.2 Å². The Labute approximate surface area is 212 Å². The minimum absolute atomic E-state index is 0.142. The van der Waals surface area contributed by atoms with Gasteiger partial charge in [0.25, 0.3) is 10.0 Å². The molecule has 9 nitrogen and oxygen atoms in total. The molecule has 3 aromatic heterocycles. The van der Waals surface area contributed by atoms with Crippen LogP contribution in [0.5, 0.6) is 0 Å². The second-order valence-electron chi connectivity index (χ2n) is 9.64. The number of pyridine rings is 1. The van der Waals surface area contributed by atoms with E-state index in [4.69, 9.17) is 4.74 Å². The van der Waals surface area contributed by atoms with E-state index in [1.807, 2.05) is 24.3 Å². The Hall–Kier alpha value is -3.28. The minimum atomic E-state index is -3.80. The molecule has 0 radical (unpaired) electrons. The predicted molar refractivity (Wildman–Crippen MR) is 137 cm³/mol. The molecular formula is C25H26N4O5S2. The number of carbonyl (C=O) groups excluding carboxylic acids is 2. The summed E-state index contributed by atoms with van der Waals surface area (Å²) in [5.74, 6) is -0.329. The molecule has 1 saturated heterocycles. The summed E-state index contributed by atoms with van der Waals surface area (Å²) in [7, 11) is -3.80. The van der Waals surface area contributed by atoms with Crippen LogP contribution < -0.4 is 0 Å². The summed E-state index contributed by atoms with van der Waals surface area (Å²) in [6.45, 7) is 5.62. The van der Waals surface area contributed by atoms with Crippen molar-refractivity contribution in [3.05, 3.63) is 60.6 Å². The lowest BCUT2D eigenvalue weighted by Gasteiger charge is -2.33. The normalized spacial score (nSPS) is 15.6. The van der Waals surface area contributed by atoms with E-state index in [1.54, 1.807) is 56.3 Å². The van der Waals surface area contributed by atoms with Crippen molar-refractivity contribution < 1.29 is 22.7 Å². The van der Waals surface area contributed by atoms with Gasteiger partial charge in [-0.15, -0.1) is 11.3 Å². The van der Waals surface area contributed by atoms with Crippen LogP contribution in [0.2, 0.25) is 0 Å². The van der Waals surface area contributed by atoms with Crippen LogP contribution in [-0.2, 0) is 26.1 Å². The van der Waals surface area contributed by atoms with E-state index in [1.165, 1.54) is 20.2 Å². The summed E-state index contributed by atoms with van der Waals surface area (Å²) >= 11 is 1.20. The predicted octanol–water partition coefficient (Wildman–Crippen LogP) is 4.07. The Morgan fingerprint density at radius 3 is 2.61 bits per heavy atom. The maximum atomic E-state index is 13.3. The van der Waals surface area contributed by atoms with Crippen molar-refractivity contribution in [2.45, 2.75) is 37.1 Å². The number of amides is 1. The Morgan fingerprint density at radius 1 is 1.11 bits per heavy atom. The van der Waals surface area contributed by atoms with Crippen LogP contribution in [0.3, 0.4) is 0 Å². The fourth-order valence-electron chi connectivity index (χ4n) is 4.22. The van der Waals surface area contributed by atoms with E-state index in [0.717, 1.165) is 15.5 Å². The maximum Gasteiger partial charge on any atom is 0.419 e. The standard InChI is InChI=1S/C25H26N4O5S2/c1-25(2,3)34-24(31)29-19(12-18-14-26-9-8-20(18)29)15-27-10-11-28(16-22(27)30)36(32,33)23-13-17-6-4-5-7-21(17)35-23/h4-9,12-14H,10-11,15-16H2,1-3H3. The van der Waals surface area contributed by atoms with E-state index in [-0.39, 0.29) is 36.3 Å². The van der Waals surface area contributed by atoms with Gasteiger partial charge in [0.1, 0.15) is 9.81 Å². The monoisotopic (exact) mass is 526 g/mol. The number of ether oxygens (including phenoxy) is 1. The third kappa shape index (κ3) is 4.61. The van der Waals surface area contributed by atoms with Crippen LogP contribution in [-0.4, -0.2) is 64.4 Å². The number of benzene rings is 1. The molecule has 0 spiro atoms. The van der Waals surface area contributed by atoms with Crippen molar-refractivity contribution in [2.75, 3.05) is 19.6 Å². The van der Waals surface area contributed by atoms with Gasteiger partial charge in [0.15, 0.2) is 0 Å². The van der Waals surface area contributed by atoms with Crippen LogP contribution in [0, 0.1) is 0 Å². The number of nitrogens with zero attached hydrogens (tertiary/aromatic N) is 4. The summed E-state index contributed by atoms with van der Waals surface area (Å²) in [5.41, 5.74) is 0.509. The van der Waals surface area contributed by atoms with E-state index < -0.39 is 21.7 Å². The van der Waals surface area contributed by atoms with Gasteiger partial charge < -0.3 is 9.64 Å². The highest BCUT2D eigenvalue weighted by molar-refractivity contribution is 7.91. The third-order valence-corrected chi connectivity index (χ3v) is 9.30. The second-order valence-corrected chi connectivity index (χ2v) is 12.9. The smallest absolute Gasteiger partial charge is 0.419 e. The first-order chi connectivity index (χ1) is 17.0. The molecule has 0 bridgehead atoms. The molecule has 0 unspecified atom stereocenters. The fraction of sp³-hybridized carbons (Fsp3) is 0.320. The molecule has 4 heterocycles. The molecule has 188 valence electrons. The highest BCUT2D eigenvalue weighted by atomic mass is 32.2. The fourth-order valence-corrected chi connectivity index (χ4v) is 7.15. The quantitative estimate of drug-likeness (QED) is 0.397. The van der Waals surface area contributed by atoms with Crippen LogP contribution in [0.15, 0.2) is 59.1 Å². The van der Waals surface area contributed by atoms with Gasteiger partial charge in [-0.25, -0.2) is 17.8 Å². The number of hydrogen-bond donors (Lipinski definition) is 0. The SMILES string of the molecule is CC(C)(C)OC(=O)n1c(CN2CCN(S(=O)(=O)c3cc4ccccc4s3)CC2=O)cc2cnccc21.